The van der Waals surface area contributed by atoms with Gasteiger partial charge in [0, 0.05) is 17.0 Å². The molecule has 2 aromatic carbocycles. The molecular weight excluding hydrogens is 484 g/mol. The van der Waals surface area contributed by atoms with Crippen LogP contribution in [0.15, 0.2) is 64.0 Å². The fourth-order valence-electron chi connectivity index (χ4n) is 7.10. The molecule has 2 aromatic heterocycles. The lowest BCUT2D eigenvalue weighted by molar-refractivity contribution is -0.131. The number of nitrogens with zero attached hydrogens (tertiary/aromatic N) is 4. The number of hydrogen-bond acceptors (Lipinski definition) is 7. The average Bonchev–Trinajstić information content (AvgIpc) is 3.57. The molecule has 2 amide bonds. The summed E-state index contributed by atoms with van der Waals surface area (Å²) in [5, 5.41) is 11.3. The quantitative estimate of drug-likeness (QED) is 0.385. The van der Waals surface area contributed by atoms with E-state index in [0.29, 0.717) is 40.3 Å². The van der Waals surface area contributed by atoms with Crippen molar-refractivity contribution in [1.29, 1.82) is 5.26 Å². The Labute approximate surface area is 217 Å². The third-order valence-corrected chi connectivity index (χ3v) is 8.97. The number of carbonyl (C=O) groups is 2. The number of benzene rings is 2. The van der Waals surface area contributed by atoms with Crippen molar-refractivity contribution in [1.82, 2.24) is 9.72 Å². The van der Waals surface area contributed by atoms with Crippen molar-refractivity contribution in [3.05, 3.63) is 70.6 Å². The molecule has 0 N–H and O–H groups in total. The summed E-state index contributed by atoms with van der Waals surface area (Å²) < 4.78 is 13.6. The Balaban J connectivity index is 1.29. The highest BCUT2D eigenvalue weighted by molar-refractivity contribution is 6.26. The van der Waals surface area contributed by atoms with E-state index >= 15 is 0 Å². The second-order valence-corrected chi connectivity index (χ2v) is 10.8. The molecule has 0 aliphatic carbocycles. The lowest BCUT2D eigenvalue weighted by Gasteiger charge is -2.34. The highest BCUT2D eigenvalue weighted by atomic mass is 16.5. The maximum Gasteiger partial charge on any atom is 0.292 e. The zero-order valence-corrected chi connectivity index (χ0v) is 20.9. The third kappa shape index (κ3) is 2.78. The largest absolute Gasteiger partial charge is 0.367 e. The van der Waals surface area contributed by atoms with E-state index < -0.39 is 23.0 Å². The minimum absolute atomic E-state index is 0.0345. The van der Waals surface area contributed by atoms with Crippen molar-refractivity contribution >= 4 is 39.4 Å². The average molecular weight is 509 g/mol. The molecule has 38 heavy (non-hydrogen) atoms. The van der Waals surface area contributed by atoms with Crippen molar-refractivity contribution in [2.75, 3.05) is 4.90 Å². The van der Waals surface area contributed by atoms with E-state index in [9.17, 15) is 19.6 Å². The first-order valence-corrected chi connectivity index (χ1v) is 12.7. The van der Waals surface area contributed by atoms with Crippen LogP contribution in [0, 0.1) is 29.1 Å². The molecule has 0 unspecified atom stereocenters. The number of fused-ring (bicyclic) bond motifs is 7. The van der Waals surface area contributed by atoms with E-state index in [1.165, 1.54) is 9.64 Å². The van der Waals surface area contributed by atoms with Crippen LogP contribution in [-0.4, -0.2) is 32.7 Å². The van der Waals surface area contributed by atoms with E-state index in [4.69, 9.17) is 9.26 Å². The number of nitriles is 1. The van der Waals surface area contributed by atoms with Crippen molar-refractivity contribution in [3.63, 3.8) is 0 Å². The number of imide groups is 1. The molecule has 0 radical (unpaired) electrons. The number of amides is 2. The zero-order valence-electron chi connectivity index (χ0n) is 20.9. The maximum atomic E-state index is 14.1. The molecule has 3 aliphatic rings. The molecule has 0 saturated carbocycles. The molecule has 5 heterocycles. The zero-order chi connectivity index (χ0) is 26.4. The second kappa shape index (κ2) is 7.62. The predicted octanol–water partition coefficient (Wildman–Crippen LogP) is 3.78. The van der Waals surface area contributed by atoms with Gasteiger partial charge >= 0.3 is 0 Å². The molecule has 3 saturated heterocycles. The Hall–Kier alpha value is -4.29. The third-order valence-electron chi connectivity index (χ3n) is 8.97. The summed E-state index contributed by atoms with van der Waals surface area (Å²) in [5.41, 5.74) is -0.781. The molecule has 2 bridgehead atoms. The van der Waals surface area contributed by atoms with E-state index in [2.05, 4.69) is 11.1 Å². The van der Waals surface area contributed by atoms with E-state index in [1.807, 2.05) is 38.1 Å². The summed E-state index contributed by atoms with van der Waals surface area (Å²) in [6.45, 7) is 4.17. The van der Waals surface area contributed by atoms with Gasteiger partial charge in [-0.1, -0.05) is 31.2 Å². The van der Waals surface area contributed by atoms with Crippen LogP contribution in [0.2, 0.25) is 0 Å². The highest BCUT2D eigenvalue weighted by Crippen LogP contribution is 2.64. The monoisotopic (exact) mass is 508 g/mol. The molecule has 3 aliphatic heterocycles. The van der Waals surface area contributed by atoms with Gasteiger partial charge in [-0.2, -0.15) is 10.0 Å². The minimum atomic E-state index is -0.908. The molecule has 190 valence electrons. The number of aromatic nitrogens is 2. The van der Waals surface area contributed by atoms with Gasteiger partial charge < -0.3 is 9.26 Å². The lowest BCUT2D eigenvalue weighted by atomic mass is 9.63. The van der Waals surface area contributed by atoms with Crippen LogP contribution in [0.5, 0.6) is 0 Å². The summed E-state index contributed by atoms with van der Waals surface area (Å²) in [7, 11) is 0. The number of ether oxygens (including phenoxy) is 1. The van der Waals surface area contributed by atoms with Gasteiger partial charge in [-0.25, -0.2) is 9.88 Å². The van der Waals surface area contributed by atoms with Crippen LogP contribution >= 0.6 is 0 Å². The van der Waals surface area contributed by atoms with Gasteiger partial charge in [0.15, 0.2) is 0 Å². The number of pyridine rings is 1. The van der Waals surface area contributed by atoms with Gasteiger partial charge in [0.2, 0.25) is 11.8 Å². The van der Waals surface area contributed by atoms with E-state index in [1.54, 1.807) is 30.5 Å². The first-order chi connectivity index (χ1) is 18.3. The Bertz CT molecular complexity index is 1780. The summed E-state index contributed by atoms with van der Waals surface area (Å²) >= 11 is 0. The molecule has 9 heteroatoms. The number of hydrogen-bond donors (Lipinski definition) is 0. The van der Waals surface area contributed by atoms with Crippen molar-refractivity contribution in [2.45, 2.75) is 44.4 Å². The van der Waals surface area contributed by atoms with Crippen LogP contribution < -0.4 is 10.5 Å². The van der Waals surface area contributed by atoms with Crippen molar-refractivity contribution < 1.29 is 18.8 Å². The first-order valence-electron chi connectivity index (χ1n) is 12.7. The summed E-state index contributed by atoms with van der Waals surface area (Å²) in [5.74, 6) is -1.86. The normalized spacial score (nSPS) is 29.9. The van der Waals surface area contributed by atoms with Crippen molar-refractivity contribution in [2.24, 2.45) is 17.8 Å². The number of carbonyl (C=O) groups excluding carboxylic acids is 2. The molecule has 7 rings (SSSR count). The Kier molecular flexibility index (Phi) is 4.59. The van der Waals surface area contributed by atoms with Gasteiger partial charge in [-0.05, 0) is 49.9 Å². The standard InChI is InChI=1S/C29H24N4O5/c1-16-14-29(11-13-32-25(34)20-8-5-12-31-24(20)37-32)23-22(28(16,2)38-29)26(35)33(27(23)36)21-10-9-17(15-30)18-6-3-4-7-19(18)21/h3-10,12,16,22-23H,11,13-14H2,1-2H3/t16-,22-,23+,28-,29+/m0/s1. The summed E-state index contributed by atoms with van der Waals surface area (Å²) in [6.07, 6.45) is 2.50. The van der Waals surface area contributed by atoms with Gasteiger partial charge in [-0.3, -0.25) is 14.4 Å². The first kappa shape index (κ1) is 22.9. The smallest absolute Gasteiger partial charge is 0.292 e. The maximum absolute atomic E-state index is 14.1. The SMILES string of the molecule is C[C@H]1C[C@@]2(CCn3oc4ncccc4c3=O)O[C@]1(C)[C@@H]1C(=O)N(c3ccc(C#N)c4ccccc34)C(=O)[C@@H]12. The summed E-state index contributed by atoms with van der Waals surface area (Å²) in [6, 6.07) is 16.2. The van der Waals surface area contributed by atoms with Gasteiger partial charge in [0.05, 0.1) is 46.9 Å². The Morgan fingerprint density at radius 1 is 1.03 bits per heavy atom. The summed E-state index contributed by atoms with van der Waals surface area (Å²) in [4.78, 5) is 46.4. The van der Waals surface area contributed by atoms with Crippen LogP contribution in [0.1, 0.15) is 32.3 Å². The fourth-order valence-corrected chi connectivity index (χ4v) is 7.10. The highest BCUT2D eigenvalue weighted by Gasteiger charge is 2.76. The Morgan fingerprint density at radius 2 is 1.76 bits per heavy atom. The molecular formula is C29H24N4O5. The topological polar surface area (TPSA) is 118 Å². The molecule has 0 spiro atoms. The van der Waals surface area contributed by atoms with Crippen LogP contribution in [0.3, 0.4) is 0 Å². The number of rotatable bonds is 4. The fraction of sp³-hybridized carbons (Fsp3) is 0.345. The van der Waals surface area contributed by atoms with Crippen LogP contribution in [-0.2, 0) is 20.9 Å². The number of anilines is 1. The van der Waals surface area contributed by atoms with Crippen LogP contribution in [0.25, 0.3) is 21.9 Å². The van der Waals surface area contributed by atoms with Crippen molar-refractivity contribution in [3.8, 4) is 6.07 Å². The van der Waals surface area contributed by atoms with Gasteiger partial charge in [0.25, 0.3) is 11.3 Å². The van der Waals surface area contributed by atoms with Gasteiger partial charge in [0.1, 0.15) is 5.39 Å². The Morgan fingerprint density at radius 3 is 2.53 bits per heavy atom. The van der Waals surface area contributed by atoms with E-state index in [-0.39, 0.29) is 35.5 Å². The minimum Gasteiger partial charge on any atom is -0.367 e. The van der Waals surface area contributed by atoms with E-state index in [0.717, 1.165) is 0 Å². The molecule has 5 atom stereocenters. The second-order valence-electron chi connectivity index (χ2n) is 10.8. The van der Waals surface area contributed by atoms with Crippen LogP contribution in [0.4, 0.5) is 5.69 Å². The molecule has 4 aromatic rings. The lowest BCUT2D eigenvalue weighted by Crippen LogP contribution is -2.46. The number of aryl methyl sites for hydroxylation is 1. The predicted molar refractivity (Wildman–Crippen MR) is 137 cm³/mol. The molecule has 3 fully saturated rings. The molecule has 9 nitrogen and oxygen atoms in total. The van der Waals surface area contributed by atoms with Gasteiger partial charge in [-0.15, -0.1) is 0 Å².